The van der Waals surface area contributed by atoms with Crippen molar-refractivity contribution in [3.05, 3.63) is 59.3 Å². The first-order valence-electron chi connectivity index (χ1n) is 15.0. The number of aromatic amines is 1. The van der Waals surface area contributed by atoms with Crippen LogP contribution in [0, 0.1) is 24.7 Å². The highest BCUT2D eigenvalue weighted by atomic mass is 16.5. The Labute approximate surface area is 257 Å². The number of nitrogens with zero attached hydrogens (tertiary/aromatic N) is 2. The summed E-state index contributed by atoms with van der Waals surface area (Å²) in [5.41, 5.74) is 3.47. The third kappa shape index (κ3) is 6.36. The van der Waals surface area contributed by atoms with Gasteiger partial charge >= 0.3 is 0 Å². The fraction of sp³-hybridized carbons (Fsp3) is 0.455. The highest BCUT2D eigenvalue weighted by Gasteiger charge is 2.48. The van der Waals surface area contributed by atoms with Crippen molar-refractivity contribution in [3.8, 4) is 11.5 Å². The van der Waals surface area contributed by atoms with Gasteiger partial charge in [-0.25, -0.2) is 0 Å². The molecule has 44 heavy (non-hydrogen) atoms. The summed E-state index contributed by atoms with van der Waals surface area (Å²) >= 11 is 0. The highest BCUT2D eigenvalue weighted by Crippen LogP contribution is 2.37. The van der Waals surface area contributed by atoms with Crippen LogP contribution in [0.5, 0.6) is 11.5 Å². The van der Waals surface area contributed by atoms with E-state index in [0.717, 1.165) is 22.0 Å². The van der Waals surface area contributed by atoms with Crippen LogP contribution in [0.25, 0.3) is 10.9 Å². The number of piperidine rings is 1. The van der Waals surface area contributed by atoms with E-state index >= 15 is 0 Å². The van der Waals surface area contributed by atoms with Gasteiger partial charge in [0.2, 0.25) is 17.7 Å². The van der Waals surface area contributed by atoms with Crippen molar-refractivity contribution in [3.63, 3.8) is 0 Å². The molecule has 4 amide bonds. The van der Waals surface area contributed by atoms with Crippen molar-refractivity contribution in [1.82, 2.24) is 25.4 Å². The number of ether oxygens (including phenoxy) is 2. The molecule has 0 saturated carbocycles. The first-order chi connectivity index (χ1) is 21.1. The minimum Gasteiger partial charge on any atom is -0.493 e. The SMILES string of the molecule is CNC(=O)CNC(=O)C1CN(C(=O)Cc2c[nH]c3c(C)cccc23)CC2CN(C(=O)c3ccc(OC(C)C)c(OC)c3)CC21. The third-order valence-electron chi connectivity index (χ3n) is 8.68. The van der Waals surface area contributed by atoms with Crippen molar-refractivity contribution >= 4 is 34.5 Å². The average molecular weight is 604 g/mol. The van der Waals surface area contributed by atoms with Gasteiger partial charge in [0.1, 0.15) is 0 Å². The van der Waals surface area contributed by atoms with Crippen LogP contribution in [-0.2, 0) is 20.8 Å². The molecule has 2 saturated heterocycles. The number of hydrogen-bond acceptors (Lipinski definition) is 6. The molecule has 3 unspecified atom stereocenters. The predicted molar refractivity (Wildman–Crippen MR) is 166 cm³/mol. The fourth-order valence-corrected chi connectivity index (χ4v) is 6.43. The minimum absolute atomic E-state index is 0.0515. The van der Waals surface area contributed by atoms with Crippen molar-refractivity contribution in [2.24, 2.45) is 17.8 Å². The van der Waals surface area contributed by atoms with E-state index in [1.807, 2.05) is 45.2 Å². The van der Waals surface area contributed by atoms with Gasteiger partial charge in [0.25, 0.3) is 5.91 Å². The summed E-state index contributed by atoms with van der Waals surface area (Å²) in [4.78, 5) is 59.5. The van der Waals surface area contributed by atoms with Gasteiger partial charge in [-0.1, -0.05) is 18.2 Å². The van der Waals surface area contributed by atoms with Crippen molar-refractivity contribution < 1.29 is 28.7 Å². The lowest BCUT2D eigenvalue weighted by molar-refractivity contribution is -0.139. The lowest BCUT2D eigenvalue weighted by Gasteiger charge is -2.39. The monoisotopic (exact) mass is 603 g/mol. The maximum atomic E-state index is 13.7. The molecule has 1 aromatic heterocycles. The molecule has 3 aromatic rings. The van der Waals surface area contributed by atoms with Gasteiger partial charge in [0.15, 0.2) is 11.5 Å². The molecule has 234 valence electrons. The molecule has 0 spiro atoms. The van der Waals surface area contributed by atoms with E-state index in [0.29, 0.717) is 36.7 Å². The van der Waals surface area contributed by atoms with Crippen LogP contribution in [-0.4, -0.2) is 91.4 Å². The number of aromatic nitrogens is 1. The Hall–Kier alpha value is -4.54. The molecule has 2 aliphatic rings. The number of carbonyl (C=O) groups is 4. The van der Waals surface area contributed by atoms with Gasteiger partial charge < -0.3 is 34.9 Å². The number of H-pyrrole nitrogens is 1. The van der Waals surface area contributed by atoms with Crippen LogP contribution in [0.2, 0.25) is 0 Å². The van der Waals surface area contributed by atoms with E-state index < -0.39 is 5.92 Å². The molecule has 3 N–H and O–H groups in total. The van der Waals surface area contributed by atoms with Crippen LogP contribution in [0.15, 0.2) is 42.6 Å². The molecule has 0 aliphatic carbocycles. The summed E-state index contributed by atoms with van der Waals surface area (Å²) in [5, 5.41) is 6.25. The summed E-state index contributed by atoms with van der Waals surface area (Å²) in [6.45, 7) is 7.15. The van der Waals surface area contributed by atoms with Crippen molar-refractivity contribution in [1.29, 1.82) is 0 Å². The van der Waals surface area contributed by atoms with Crippen LogP contribution in [0.3, 0.4) is 0 Å². The van der Waals surface area contributed by atoms with Gasteiger partial charge in [-0.2, -0.15) is 0 Å². The van der Waals surface area contributed by atoms with Gasteiger partial charge in [0, 0.05) is 55.9 Å². The molecule has 2 fully saturated rings. The first-order valence-corrected chi connectivity index (χ1v) is 15.0. The normalized spacial score (nSPS) is 19.5. The summed E-state index contributed by atoms with van der Waals surface area (Å²) in [6, 6.07) is 11.1. The Bertz CT molecular complexity index is 1570. The van der Waals surface area contributed by atoms with E-state index in [1.165, 1.54) is 14.2 Å². The Kier molecular flexibility index (Phi) is 9.12. The molecule has 2 aromatic carbocycles. The quantitative estimate of drug-likeness (QED) is 0.344. The van der Waals surface area contributed by atoms with Crippen LogP contribution in [0.4, 0.5) is 0 Å². The second kappa shape index (κ2) is 13.0. The molecule has 11 heteroatoms. The number of amides is 4. The molecule has 3 atom stereocenters. The third-order valence-corrected chi connectivity index (χ3v) is 8.68. The number of benzene rings is 2. The number of para-hydroxylation sites is 1. The Morgan fingerprint density at radius 3 is 2.52 bits per heavy atom. The van der Waals surface area contributed by atoms with Gasteiger partial charge in [0.05, 0.1) is 32.1 Å². The summed E-state index contributed by atoms with van der Waals surface area (Å²) in [7, 11) is 3.04. The molecule has 5 rings (SSSR count). The van der Waals surface area contributed by atoms with E-state index in [4.69, 9.17) is 9.47 Å². The Balaban J connectivity index is 1.36. The number of hydrogen-bond donors (Lipinski definition) is 3. The Morgan fingerprint density at radius 1 is 1.02 bits per heavy atom. The van der Waals surface area contributed by atoms with Crippen molar-refractivity contribution in [2.45, 2.75) is 33.3 Å². The smallest absolute Gasteiger partial charge is 0.254 e. The van der Waals surface area contributed by atoms with Crippen LogP contribution >= 0.6 is 0 Å². The van der Waals surface area contributed by atoms with Gasteiger partial charge in [-0.3, -0.25) is 19.2 Å². The Morgan fingerprint density at radius 2 is 1.80 bits per heavy atom. The van der Waals surface area contributed by atoms with E-state index in [1.54, 1.807) is 28.0 Å². The topological polar surface area (TPSA) is 133 Å². The molecule has 11 nitrogen and oxygen atoms in total. The van der Waals surface area contributed by atoms with E-state index in [9.17, 15) is 19.2 Å². The fourth-order valence-electron chi connectivity index (χ4n) is 6.43. The zero-order valence-electron chi connectivity index (χ0n) is 25.9. The number of aryl methyl sites for hydroxylation is 1. The van der Waals surface area contributed by atoms with Gasteiger partial charge in [-0.15, -0.1) is 0 Å². The first kappa shape index (κ1) is 30.9. The molecule has 0 bridgehead atoms. The number of methoxy groups -OCH3 is 1. The molecular formula is C33H41N5O6. The van der Waals surface area contributed by atoms with E-state index in [-0.39, 0.29) is 61.1 Å². The summed E-state index contributed by atoms with van der Waals surface area (Å²) in [5.74, 6) is -0.655. The van der Waals surface area contributed by atoms with E-state index in [2.05, 4.69) is 15.6 Å². The number of fused-ring (bicyclic) bond motifs is 2. The van der Waals surface area contributed by atoms with Gasteiger partial charge in [-0.05, 0) is 61.9 Å². The number of likely N-dealkylation sites (tertiary alicyclic amines) is 2. The molecular weight excluding hydrogens is 562 g/mol. The maximum Gasteiger partial charge on any atom is 0.254 e. The number of carbonyl (C=O) groups excluding carboxylic acids is 4. The maximum absolute atomic E-state index is 13.7. The molecule has 2 aliphatic heterocycles. The molecule has 0 radical (unpaired) electrons. The number of nitrogens with one attached hydrogen (secondary N) is 3. The number of likely N-dealkylation sites (N-methyl/N-ethyl adjacent to an activating group) is 1. The minimum atomic E-state index is -0.568. The highest BCUT2D eigenvalue weighted by molar-refractivity contribution is 5.95. The lowest BCUT2D eigenvalue weighted by atomic mass is 9.79. The summed E-state index contributed by atoms with van der Waals surface area (Å²) in [6.07, 6.45) is 2.02. The summed E-state index contributed by atoms with van der Waals surface area (Å²) < 4.78 is 11.3. The van der Waals surface area contributed by atoms with Crippen molar-refractivity contribution in [2.75, 3.05) is 46.9 Å². The van der Waals surface area contributed by atoms with Crippen LogP contribution in [0.1, 0.15) is 35.3 Å². The largest absolute Gasteiger partial charge is 0.493 e. The second-order valence-electron chi connectivity index (χ2n) is 12.0. The zero-order chi connectivity index (χ0) is 31.5. The zero-order valence-corrected chi connectivity index (χ0v) is 25.9. The lowest BCUT2D eigenvalue weighted by Crippen LogP contribution is -2.54. The predicted octanol–water partition coefficient (Wildman–Crippen LogP) is 2.52. The van der Waals surface area contributed by atoms with Crippen LogP contribution < -0.4 is 20.1 Å². The standard InChI is InChI=1S/C33H41N5O6/c1-19(2)44-27-10-9-21(11-28(27)43-5)33(42)38-16-23-15-37(18-26(25(23)17-38)32(41)36-14-29(39)34-4)30(40)12-22-13-35-31-20(3)7-6-8-24(22)31/h6-11,13,19,23,25-26,35H,12,14-18H2,1-5H3,(H,34,39)(H,36,41). The number of rotatable bonds is 9. The molecule has 3 heterocycles. The average Bonchev–Trinajstić information content (AvgIpc) is 3.63. The second-order valence-corrected chi connectivity index (χ2v) is 12.0.